The number of ketones is 1. The first-order valence-corrected chi connectivity index (χ1v) is 9.03. The second kappa shape index (κ2) is 6.10. The van der Waals surface area contributed by atoms with Gasteiger partial charge in [0, 0.05) is 11.1 Å². The third kappa shape index (κ3) is 2.48. The smallest absolute Gasteiger partial charge is 0.194 e. The monoisotopic (exact) mass is 364 g/mol. The van der Waals surface area contributed by atoms with Crippen molar-refractivity contribution >= 4 is 28.6 Å². The standard InChI is InChI=1S/C25H16O3/c26-18-9-5-15(6-10-18)21-14-22-20-4-2-1-3-17(20)13-23(22)25(28)24(21)16-7-11-19(27)12-8-16/h1-14,26-27H. The van der Waals surface area contributed by atoms with Gasteiger partial charge in [0.05, 0.1) is 0 Å². The summed E-state index contributed by atoms with van der Waals surface area (Å²) in [6.07, 6.45) is 3.99. The van der Waals surface area contributed by atoms with Crippen molar-refractivity contribution in [1.82, 2.24) is 0 Å². The number of carbonyl (C=O) groups is 1. The van der Waals surface area contributed by atoms with Crippen molar-refractivity contribution in [3.05, 3.63) is 107 Å². The first kappa shape index (κ1) is 16.3. The van der Waals surface area contributed by atoms with Crippen molar-refractivity contribution < 1.29 is 15.0 Å². The fraction of sp³-hybridized carbons (Fsp3) is 0. The lowest BCUT2D eigenvalue weighted by Crippen LogP contribution is -2.12. The molecule has 0 amide bonds. The van der Waals surface area contributed by atoms with Crippen molar-refractivity contribution in [2.75, 3.05) is 0 Å². The molecule has 28 heavy (non-hydrogen) atoms. The number of phenols is 2. The number of hydrogen-bond donors (Lipinski definition) is 2. The van der Waals surface area contributed by atoms with E-state index in [1.807, 2.05) is 48.6 Å². The van der Waals surface area contributed by atoms with Gasteiger partial charge in [-0.15, -0.1) is 0 Å². The highest BCUT2D eigenvalue weighted by molar-refractivity contribution is 6.44. The van der Waals surface area contributed by atoms with E-state index in [0.29, 0.717) is 11.1 Å². The van der Waals surface area contributed by atoms with E-state index >= 15 is 0 Å². The number of phenolic OH excluding ortho intramolecular Hbond substituents is 2. The minimum absolute atomic E-state index is 0.0394. The molecule has 3 nitrogen and oxygen atoms in total. The van der Waals surface area contributed by atoms with Crippen molar-refractivity contribution in [1.29, 1.82) is 0 Å². The molecule has 0 saturated carbocycles. The molecular formula is C25H16O3. The number of hydrogen-bond acceptors (Lipinski definition) is 3. The van der Waals surface area contributed by atoms with Crippen LogP contribution in [0.15, 0.2) is 84.4 Å². The molecule has 3 aromatic rings. The van der Waals surface area contributed by atoms with E-state index in [1.54, 1.807) is 36.4 Å². The zero-order chi connectivity index (χ0) is 19.3. The Morgan fingerprint density at radius 2 is 1.21 bits per heavy atom. The van der Waals surface area contributed by atoms with Gasteiger partial charge in [0.15, 0.2) is 5.78 Å². The lowest BCUT2D eigenvalue weighted by atomic mass is 9.81. The van der Waals surface area contributed by atoms with Crippen molar-refractivity contribution in [3.63, 3.8) is 0 Å². The summed E-state index contributed by atoms with van der Waals surface area (Å²) in [6, 6.07) is 21.5. The van der Waals surface area contributed by atoms with E-state index in [-0.39, 0.29) is 17.3 Å². The van der Waals surface area contributed by atoms with Crippen LogP contribution in [-0.2, 0) is 4.79 Å². The summed E-state index contributed by atoms with van der Waals surface area (Å²) in [5.41, 5.74) is 6.69. The average molecular weight is 364 g/mol. The van der Waals surface area contributed by atoms with Crippen LogP contribution in [0.5, 0.6) is 11.5 Å². The Morgan fingerprint density at radius 3 is 1.89 bits per heavy atom. The molecule has 0 bridgehead atoms. The van der Waals surface area contributed by atoms with Crippen molar-refractivity contribution in [2.24, 2.45) is 0 Å². The molecule has 0 aromatic heterocycles. The predicted molar refractivity (Wildman–Crippen MR) is 110 cm³/mol. The number of carbonyl (C=O) groups excluding carboxylic acids is 1. The van der Waals surface area contributed by atoms with Gasteiger partial charge in [0.25, 0.3) is 0 Å². The van der Waals surface area contributed by atoms with Gasteiger partial charge in [-0.3, -0.25) is 4.79 Å². The molecule has 0 unspecified atom stereocenters. The second-order valence-electron chi connectivity index (χ2n) is 6.91. The van der Waals surface area contributed by atoms with Crippen LogP contribution in [0.2, 0.25) is 0 Å². The molecule has 0 radical (unpaired) electrons. The summed E-state index contributed by atoms with van der Waals surface area (Å²) in [5, 5.41) is 19.3. The van der Waals surface area contributed by atoms with Gasteiger partial charge in [-0.2, -0.15) is 0 Å². The molecule has 134 valence electrons. The summed E-state index contributed by atoms with van der Waals surface area (Å²) >= 11 is 0. The predicted octanol–water partition coefficient (Wildman–Crippen LogP) is 5.07. The molecule has 3 heteroatoms. The van der Waals surface area contributed by atoms with Gasteiger partial charge in [0.2, 0.25) is 0 Å². The first-order chi connectivity index (χ1) is 13.6. The van der Waals surface area contributed by atoms with Gasteiger partial charge in [-0.1, -0.05) is 48.5 Å². The van der Waals surface area contributed by atoms with Crippen LogP contribution >= 0.6 is 0 Å². The quantitative estimate of drug-likeness (QED) is 0.667. The fourth-order valence-corrected chi connectivity index (χ4v) is 3.85. The molecule has 0 atom stereocenters. The number of fused-ring (bicyclic) bond motifs is 3. The largest absolute Gasteiger partial charge is 0.508 e. The van der Waals surface area contributed by atoms with Crippen LogP contribution in [0.4, 0.5) is 0 Å². The lowest BCUT2D eigenvalue weighted by Gasteiger charge is -2.21. The fourth-order valence-electron chi connectivity index (χ4n) is 3.85. The van der Waals surface area contributed by atoms with Gasteiger partial charge in [0.1, 0.15) is 11.5 Å². The van der Waals surface area contributed by atoms with Crippen molar-refractivity contribution in [3.8, 4) is 11.5 Å². The molecule has 2 aliphatic rings. The maximum atomic E-state index is 13.5. The van der Waals surface area contributed by atoms with E-state index < -0.39 is 0 Å². The minimum atomic E-state index is -0.0394. The molecule has 2 aliphatic carbocycles. The van der Waals surface area contributed by atoms with Gasteiger partial charge in [-0.05, 0) is 69.8 Å². The normalized spacial score (nSPS) is 15.1. The minimum Gasteiger partial charge on any atom is -0.508 e. The zero-order valence-electron chi connectivity index (χ0n) is 14.9. The summed E-state index contributed by atoms with van der Waals surface area (Å²) in [6.45, 7) is 0. The molecule has 0 aliphatic heterocycles. The lowest BCUT2D eigenvalue weighted by molar-refractivity contribution is -0.110. The molecule has 0 spiro atoms. The highest BCUT2D eigenvalue weighted by atomic mass is 16.3. The third-order valence-corrected chi connectivity index (χ3v) is 5.20. The zero-order valence-corrected chi connectivity index (χ0v) is 14.9. The Hall–Kier alpha value is -3.85. The number of aromatic hydroxyl groups is 2. The Labute approximate surface area is 162 Å². The van der Waals surface area contributed by atoms with E-state index in [0.717, 1.165) is 33.4 Å². The molecule has 2 N–H and O–H groups in total. The summed E-state index contributed by atoms with van der Waals surface area (Å²) in [7, 11) is 0. The van der Waals surface area contributed by atoms with E-state index in [4.69, 9.17) is 0 Å². The van der Waals surface area contributed by atoms with Gasteiger partial charge in [-0.25, -0.2) is 0 Å². The second-order valence-corrected chi connectivity index (χ2v) is 6.91. The summed E-state index contributed by atoms with van der Waals surface area (Å²) in [4.78, 5) is 13.5. The molecule has 0 saturated heterocycles. The third-order valence-electron chi connectivity index (χ3n) is 5.20. The number of rotatable bonds is 2. The first-order valence-electron chi connectivity index (χ1n) is 9.03. The van der Waals surface area contributed by atoms with Crippen LogP contribution in [0.1, 0.15) is 22.3 Å². The maximum Gasteiger partial charge on any atom is 0.194 e. The number of benzene rings is 3. The van der Waals surface area contributed by atoms with Crippen LogP contribution in [0, 0.1) is 0 Å². The molecule has 0 heterocycles. The van der Waals surface area contributed by atoms with Crippen LogP contribution in [0.25, 0.3) is 22.8 Å². The van der Waals surface area contributed by atoms with E-state index in [1.165, 1.54) is 0 Å². The van der Waals surface area contributed by atoms with Crippen LogP contribution < -0.4 is 0 Å². The van der Waals surface area contributed by atoms with Crippen LogP contribution in [-0.4, -0.2) is 16.0 Å². The average Bonchev–Trinajstić information content (AvgIpc) is 3.09. The molecular weight excluding hydrogens is 348 g/mol. The molecule has 5 rings (SSSR count). The highest BCUT2D eigenvalue weighted by Crippen LogP contribution is 2.45. The summed E-state index contributed by atoms with van der Waals surface area (Å²) in [5.74, 6) is 0.294. The highest BCUT2D eigenvalue weighted by Gasteiger charge is 2.32. The van der Waals surface area contributed by atoms with Gasteiger partial charge >= 0.3 is 0 Å². The SMILES string of the molecule is O=C1C2=Cc3ccccc3C2=CC(c2ccc(O)cc2)=C1c1ccc(O)cc1. The number of allylic oxidation sites excluding steroid dienone is 5. The number of Topliss-reactive ketones (excluding diaryl/α,β-unsaturated/α-hetero) is 1. The Morgan fingerprint density at radius 1 is 0.607 bits per heavy atom. The Bertz CT molecular complexity index is 1210. The summed E-state index contributed by atoms with van der Waals surface area (Å²) < 4.78 is 0. The van der Waals surface area contributed by atoms with Crippen LogP contribution in [0.3, 0.4) is 0 Å². The Kier molecular flexibility index (Phi) is 3.56. The maximum absolute atomic E-state index is 13.5. The van der Waals surface area contributed by atoms with E-state index in [2.05, 4.69) is 0 Å². The Balaban J connectivity index is 1.79. The van der Waals surface area contributed by atoms with Gasteiger partial charge < -0.3 is 10.2 Å². The van der Waals surface area contributed by atoms with E-state index in [9.17, 15) is 15.0 Å². The molecule has 0 fully saturated rings. The topological polar surface area (TPSA) is 57.5 Å². The van der Waals surface area contributed by atoms with Crippen molar-refractivity contribution in [2.45, 2.75) is 0 Å². The molecule has 3 aromatic carbocycles.